The van der Waals surface area contributed by atoms with Gasteiger partial charge in [0.25, 0.3) is 0 Å². The van der Waals surface area contributed by atoms with E-state index in [4.69, 9.17) is 4.74 Å². The Balaban J connectivity index is 3.01. The van der Waals surface area contributed by atoms with Crippen molar-refractivity contribution in [1.82, 2.24) is 0 Å². The maximum atomic E-state index is 10.5. The third kappa shape index (κ3) is 17.9. The molecule has 2 nitrogen and oxygen atoms in total. The first-order valence-electron chi connectivity index (χ1n) is 7.61. The number of unbranched alkanes of at least 4 members (excludes halogenated alkanes) is 8. The molecule has 0 radical (unpaired) electrons. The largest absolute Gasteiger partial charge is 0.466 e. The number of alkyl halides is 1. The second-order valence-corrected chi connectivity index (χ2v) is 5.98. The molecule has 0 aliphatic rings. The smallest absolute Gasteiger partial charge is 0.302 e. The Labute approximate surface area is 132 Å². The molecule has 0 unspecified atom stereocenters. The summed E-state index contributed by atoms with van der Waals surface area (Å²) in [6.45, 7) is 2.07. The molecule has 0 N–H and O–H groups in total. The zero-order valence-corrected chi connectivity index (χ0v) is 14.5. The Bertz CT molecular complexity index is 227. The summed E-state index contributed by atoms with van der Waals surface area (Å²) in [6.07, 6.45) is 17.3. The van der Waals surface area contributed by atoms with Crippen LogP contribution in [0.15, 0.2) is 12.2 Å². The van der Waals surface area contributed by atoms with Crippen molar-refractivity contribution in [3.8, 4) is 0 Å². The molecule has 0 amide bonds. The summed E-state index contributed by atoms with van der Waals surface area (Å²) >= 11 is 2.41. The first-order valence-corrected chi connectivity index (χ1v) is 9.14. The molecule has 112 valence electrons. The fraction of sp³-hybridized carbons (Fsp3) is 0.812. The Hall–Kier alpha value is -0.0600. The van der Waals surface area contributed by atoms with Crippen LogP contribution in [0.25, 0.3) is 0 Å². The van der Waals surface area contributed by atoms with Crippen LogP contribution >= 0.6 is 22.6 Å². The molecule has 0 heterocycles. The van der Waals surface area contributed by atoms with Gasteiger partial charge in [0.2, 0.25) is 0 Å². The summed E-state index contributed by atoms with van der Waals surface area (Å²) in [5.41, 5.74) is 0. The van der Waals surface area contributed by atoms with Crippen LogP contribution in [0.4, 0.5) is 0 Å². The molecule has 0 rings (SSSR count). The van der Waals surface area contributed by atoms with Gasteiger partial charge in [-0.25, -0.2) is 0 Å². The second-order valence-electron chi connectivity index (χ2n) is 4.91. The summed E-state index contributed by atoms with van der Waals surface area (Å²) in [7, 11) is 0. The van der Waals surface area contributed by atoms with E-state index in [9.17, 15) is 4.79 Å². The number of esters is 1. The molecule has 3 heteroatoms. The van der Waals surface area contributed by atoms with Gasteiger partial charge < -0.3 is 4.74 Å². The highest BCUT2D eigenvalue weighted by Crippen LogP contribution is 2.10. The molecule has 0 aromatic carbocycles. The lowest BCUT2D eigenvalue weighted by atomic mass is 10.1. The van der Waals surface area contributed by atoms with Crippen molar-refractivity contribution < 1.29 is 9.53 Å². The number of carbonyl (C=O) groups is 1. The summed E-state index contributed by atoms with van der Waals surface area (Å²) in [6, 6.07) is 0. The number of rotatable bonds is 13. The minimum absolute atomic E-state index is 0.160. The van der Waals surface area contributed by atoms with Gasteiger partial charge in [0.15, 0.2) is 0 Å². The third-order valence-corrected chi connectivity index (χ3v) is 3.64. The van der Waals surface area contributed by atoms with Crippen LogP contribution < -0.4 is 0 Å². The Kier molecular flexibility index (Phi) is 15.9. The number of hydrogen-bond acceptors (Lipinski definition) is 2. The quantitative estimate of drug-likeness (QED) is 0.140. The van der Waals surface area contributed by atoms with Gasteiger partial charge in [-0.3, -0.25) is 4.79 Å². The van der Waals surface area contributed by atoms with Crippen LogP contribution in [-0.4, -0.2) is 17.0 Å². The minimum atomic E-state index is -0.160. The summed E-state index contributed by atoms with van der Waals surface area (Å²) in [5.74, 6) is -0.160. The summed E-state index contributed by atoms with van der Waals surface area (Å²) in [4.78, 5) is 10.5. The SMILES string of the molecule is CC(=O)OCCCCCCCCCCC=CCCI. The molecule has 0 aromatic rings. The van der Waals surface area contributed by atoms with Gasteiger partial charge in [0, 0.05) is 11.4 Å². The van der Waals surface area contributed by atoms with E-state index in [0.717, 1.165) is 6.42 Å². The predicted molar refractivity (Wildman–Crippen MR) is 90.8 cm³/mol. The molecular formula is C16H29IO2. The zero-order chi connectivity index (χ0) is 14.2. The lowest BCUT2D eigenvalue weighted by molar-refractivity contribution is -0.141. The highest BCUT2D eigenvalue weighted by Gasteiger charge is 1.94. The van der Waals surface area contributed by atoms with Gasteiger partial charge in [0.05, 0.1) is 6.61 Å². The van der Waals surface area contributed by atoms with Gasteiger partial charge in [-0.2, -0.15) is 0 Å². The topological polar surface area (TPSA) is 26.3 Å². The molecule has 0 aromatic heterocycles. The molecule has 0 aliphatic heterocycles. The van der Waals surface area contributed by atoms with E-state index in [1.165, 1.54) is 69.1 Å². The maximum Gasteiger partial charge on any atom is 0.302 e. The Morgan fingerprint density at radius 3 is 2.00 bits per heavy atom. The molecule has 0 aliphatic carbocycles. The van der Waals surface area contributed by atoms with E-state index in [2.05, 4.69) is 34.7 Å². The van der Waals surface area contributed by atoms with Crippen LogP contribution in [0.1, 0.15) is 71.1 Å². The number of ether oxygens (including phenoxy) is 1. The molecule has 0 fully saturated rings. The van der Waals surface area contributed by atoms with Crippen LogP contribution in [0, 0.1) is 0 Å². The number of allylic oxidation sites excluding steroid dienone is 2. The number of hydrogen-bond donors (Lipinski definition) is 0. The van der Waals surface area contributed by atoms with Crippen molar-refractivity contribution in [2.24, 2.45) is 0 Å². The first-order chi connectivity index (χ1) is 9.27. The van der Waals surface area contributed by atoms with Gasteiger partial charge in [-0.1, -0.05) is 73.3 Å². The lowest BCUT2D eigenvalue weighted by Gasteiger charge is -2.02. The highest BCUT2D eigenvalue weighted by molar-refractivity contribution is 14.1. The summed E-state index contributed by atoms with van der Waals surface area (Å²) < 4.78 is 6.12. The van der Waals surface area contributed by atoms with Crippen LogP contribution in [-0.2, 0) is 9.53 Å². The van der Waals surface area contributed by atoms with Crippen molar-refractivity contribution in [1.29, 1.82) is 0 Å². The maximum absolute atomic E-state index is 10.5. The summed E-state index contributed by atoms with van der Waals surface area (Å²) in [5, 5.41) is 0. The van der Waals surface area contributed by atoms with Gasteiger partial charge in [0.1, 0.15) is 0 Å². The van der Waals surface area contributed by atoms with Crippen molar-refractivity contribution in [3.63, 3.8) is 0 Å². The van der Waals surface area contributed by atoms with Crippen molar-refractivity contribution in [3.05, 3.63) is 12.2 Å². The highest BCUT2D eigenvalue weighted by atomic mass is 127. The Morgan fingerprint density at radius 2 is 1.42 bits per heavy atom. The lowest BCUT2D eigenvalue weighted by Crippen LogP contribution is -2.00. The second kappa shape index (κ2) is 16.0. The minimum Gasteiger partial charge on any atom is -0.466 e. The van der Waals surface area contributed by atoms with Crippen molar-refractivity contribution >= 4 is 28.6 Å². The molecular weight excluding hydrogens is 351 g/mol. The zero-order valence-electron chi connectivity index (χ0n) is 12.3. The fourth-order valence-electron chi connectivity index (χ4n) is 1.94. The average molecular weight is 380 g/mol. The molecule has 19 heavy (non-hydrogen) atoms. The van der Waals surface area contributed by atoms with E-state index in [1.807, 2.05) is 0 Å². The van der Waals surface area contributed by atoms with E-state index in [1.54, 1.807) is 0 Å². The monoisotopic (exact) mass is 380 g/mol. The predicted octanol–water partition coefficient (Wildman–Crippen LogP) is 5.44. The van der Waals surface area contributed by atoms with Crippen molar-refractivity contribution in [2.45, 2.75) is 71.1 Å². The molecule has 0 spiro atoms. The first kappa shape index (κ1) is 18.9. The van der Waals surface area contributed by atoms with E-state index in [0.29, 0.717) is 6.61 Å². The Morgan fingerprint density at radius 1 is 0.895 bits per heavy atom. The van der Waals surface area contributed by atoms with Crippen LogP contribution in [0.2, 0.25) is 0 Å². The van der Waals surface area contributed by atoms with Crippen LogP contribution in [0.5, 0.6) is 0 Å². The van der Waals surface area contributed by atoms with Gasteiger partial charge in [-0.15, -0.1) is 0 Å². The van der Waals surface area contributed by atoms with Crippen molar-refractivity contribution in [2.75, 3.05) is 11.0 Å². The van der Waals surface area contributed by atoms with E-state index in [-0.39, 0.29) is 5.97 Å². The number of carbonyl (C=O) groups excluding carboxylic acids is 1. The molecule has 0 saturated heterocycles. The van der Waals surface area contributed by atoms with Crippen LogP contribution in [0.3, 0.4) is 0 Å². The third-order valence-electron chi connectivity index (χ3n) is 3.01. The normalized spacial score (nSPS) is 11.1. The van der Waals surface area contributed by atoms with Gasteiger partial charge in [-0.05, 0) is 25.7 Å². The standard InChI is InChI=1S/C16H29IO2/c1-16(18)19-15-13-11-9-7-5-3-2-4-6-8-10-12-14-17/h8,10H,2-7,9,11-15H2,1H3. The molecule has 0 bridgehead atoms. The number of halogens is 1. The fourth-order valence-corrected chi connectivity index (χ4v) is 2.30. The average Bonchev–Trinajstić information content (AvgIpc) is 2.39. The van der Waals surface area contributed by atoms with Gasteiger partial charge >= 0.3 is 5.97 Å². The van der Waals surface area contributed by atoms with E-state index < -0.39 is 0 Å². The molecule has 0 saturated carbocycles. The molecule has 0 atom stereocenters. The van der Waals surface area contributed by atoms with E-state index >= 15 is 0 Å².